The van der Waals surface area contributed by atoms with Crippen LogP contribution in [0, 0.1) is 11.8 Å². The van der Waals surface area contributed by atoms with Crippen molar-refractivity contribution in [2.75, 3.05) is 26.2 Å². The minimum absolute atomic E-state index is 0.752. The molecule has 0 radical (unpaired) electrons. The molecule has 14 heavy (non-hydrogen) atoms. The van der Waals surface area contributed by atoms with Gasteiger partial charge in [-0.1, -0.05) is 20.8 Å². The lowest BCUT2D eigenvalue weighted by atomic mass is 10.1. The first kappa shape index (κ1) is 12.0. The van der Waals surface area contributed by atoms with E-state index in [9.17, 15) is 0 Å². The minimum atomic E-state index is 0.752. The molecule has 0 aromatic heterocycles. The zero-order valence-corrected chi connectivity index (χ0v) is 10.2. The van der Waals surface area contributed by atoms with Crippen LogP contribution >= 0.6 is 0 Å². The van der Waals surface area contributed by atoms with Crippen molar-refractivity contribution in [3.63, 3.8) is 0 Å². The second-order valence-electron chi connectivity index (χ2n) is 4.94. The standard InChI is InChI=1S/C12H26N2/c1-5-13-8-12-6-7-14(9-12)11(4)10(2)3/h10-13H,5-9H2,1-4H3. The van der Waals surface area contributed by atoms with Crippen molar-refractivity contribution in [3.8, 4) is 0 Å². The van der Waals surface area contributed by atoms with Gasteiger partial charge in [-0.25, -0.2) is 0 Å². The van der Waals surface area contributed by atoms with Crippen molar-refractivity contribution in [2.24, 2.45) is 11.8 Å². The molecule has 0 bridgehead atoms. The zero-order valence-electron chi connectivity index (χ0n) is 10.2. The fraction of sp³-hybridized carbons (Fsp3) is 1.00. The van der Waals surface area contributed by atoms with E-state index in [4.69, 9.17) is 0 Å². The van der Waals surface area contributed by atoms with Gasteiger partial charge < -0.3 is 10.2 Å². The van der Waals surface area contributed by atoms with Crippen LogP contribution in [0.3, 0.4) is 0 Å². The van der Waals surface area contributed by atoms with E-state index in [2.05, 4.69) is 37.9 Å². The molecule has 0 saturated carbocycles. The molecule has 1 aliphatic rings. The molecule has 0 aromatic rings. The predicted molar refractivity (Wildman–Crippen MR) is 62.5 cm³/mol. The Balaban J connectivity index is 2.26. The summed E-state index contributed by atoms with van der Waals surface area (Å²) in [6.07, 6.45) is 1.38. The molecule has 2 atom stereocenters. The van der Waals surface area contributed by atoms with Crippen LogP contribution < -0.4 is 5.32 Å². The summed E-state index contributed by atoms with van der Waals surface area (Å²) in [6, 6.07) is 0.752. The molecule has 0 amide bonds. The van der Waals surface area contributed by atoms with Crippen LogP contribution in [0.5, 0.6) is 0 Å². The summed E-state index contributed by atoms with van der Waals surface area (Å²) in [5, 5.41) is 3.45. The highest BCUT2D eigenvalue weighted by Crippen LogP contribution is 2.21. The monoisotopic (exact) mass is 198 g/mol. The summed E-state index contributed by atoms with van der Waals surface area (Å²) in [6.45, 7) is 14.1. The number of hydrogen-bond acceptors (Lipinski definition) is 2. The Hall–Kier alpha value is -0.0800. The lowest BCUT2D eigenvalue weighted by molar-refractivity contribution is 0.200. The Labute approximate surface area is 89.1 Å². The molecule has 84 valence electrons. The molecule has 1 N–H and O–H groups in total. The third-order valence-corrected chi connectivity index (χ3v) is 3.54. The molecule has 1 aliphatic heterocycles. The van der Waals surface area contributed by atoms with E-state index in [1.165, 1.54) is 26.1 Å². The fourth-order valence-corrected chi connectivity index (χ4v) is 2.17. The van der Waals surface area contributed by atoms with E-state index in [1.807, 2.05) is 0 Å². The van der Waals surface area contributed by atoms with Crippen molar-refractivity contribution < 1.29 is 0 Å². The summed E-state index contributed by atoms with van der Waals surface area (Å²) in [5.74, 6) is 1.67. The number of likely N-dealkylation sites (tertiary alicyclic amines) is 1. The number of nitrogens with one attached hydrogen (secondary N) is 1. The lowest BCUT2D eigenvalue weighted by Crippen LogP contribution is -2.35. The van der Waals surface area contributed by atoms with Crippen molar-refractivity contribution in [1.29, 1.82) is 0 Å². The quantitative estimate of drug-likeness (QED) is 0.726. The second kappa shape index (κ2) is 5.72. The molecule has 1 rings (SSSR count). The van der Waals surface area contributed by atoms with Crippen LogP contribution in [0.1, 0.15) is 34.1 Å². The topological polar surface area (TPSA) is 15.3 Å². The van der Waals surface area contributed by atoms with Gasteiger partial charge >= 0.3 is 0 Å². The van der Waals surface area contributed by atoms with Gasteiger partial charge in [0, 0.05) is 12.6 Å². The van der Waals surface area contributed by atoms with Crippen molar-refractivity contribution >= 4 is 0 Å². The van der Waals surface area contributed by atoms with Gasteiger partial charge in [0.15, 0.2) is 0 Å². The first-order chi connectivity index (χ1) is 6.65. The Morgan fingerprint density at radius 1 is 1.36 bits per heavy atom. The minimum Gasteiger partial charge on any atom is -0.317 e. The highest BCUT2D eigenvalue weighted by Gasteiger charge is 2.26. The van der Waals surface area contributed by atoms with Crippen molar-refractivity contribution in [1.82, 2.24) is 10.2 Å². The van der Waals surface area contributed by atoms with Crippen molar-refractivity contribution in [3.05, 3.63) is 0 Å². The Morgan fingerprint density at radius 3 is 2.64 bits per heavy atom. The molecule has 1 heterocycles. The maximum Gasteiger partial charge on any atom is 0.00900 e. The first-order valence-corrected chi connectivity index (χ1v) is 6.09. The van der Waals surface area contributed by atoms with Crippen LogP contribution in [-0.2, 0) is 0 Å². The maximum atomic E-state index is 3.45. The van der Waals surface area contributed by atoms with E-state index in [1.54, 1.807) is 0 Å². The van der Waals surface area contributed by atoms with Gasteiger partial charge in [-0.2, -0.15) is 0 Å². The van der Waals surface area contributed by atoms with Gasteiger partial charge in [0.05, 0.1) is 0 Å². The summed E-state index contributed by atoms with van der Waals surface area (Å²) in [7, 11) is 0. The third-order valence-electron chi connectivity index (χ3n) is 3.54. The molecule has 2 unspecified atom stereocenters. The van der Waals surface area contributed by atoms with E-state index < -0.39 is 0 Å². The summed E-state index contributed by atoms with van der Waals surface area (Å²) >= 11 is 0. The van der Waals surface area contributed by atoms with Gasteiger partial charge in [0.1, 0.15) is 0 Å². The third kappa shape index (κ3) is 3.25. The Kier molecular flexibility index (Phi) is 4.90. The average Bonchev–Trinajstić information content (AvgIpc) is 2.61. The largest absolute Gasteiger partial charge is 0.317 e. The zero-order chi connectivity index (χ0) is 10.6. The summed E-state index contributed by atoms with van der Waals surface area (Å²) in [5.41, 5.74) is 0. The van der Waals surface area contributed by atoms with E-state index in [0.29, 0.717) is 0 Å². The lowest BCUT2D eigenvalue weighted by Gasteiger charge is -2.27. The van der Waals surface area contributed by atoms with Crippen LogP contribution in [0.2, 0.25) is 0 Å². The molecule has 1 saturated heterocycles. The highest BCUT2D eigenvalue weighted by atomic mass is 15.2. The number of nitrogens with zero attached hydrogens (tertiary/aromatic N) is 1. The highest BCUT2D eigenvalue weighted by molar-refractivity contribution is 4.81. The molecular weight excluding hydrogens is 172 g/mol. The molecule has 1 fully saturated rings. The molecule has 0 aliphatic carbocycles. The van der Waals surface area contributed by atoms with Gasteiger partial charge in [-0.05, 0) is 44.8 Å². The molecule has 2 nitrogen and oxygen atoms in total. The van der Waals surface area contributed by atoms with Gasteiger partial charge in [0.2, 0.25) is 0 Å². The van der Waals surface area contributed by atoms with Crippen LogP contribution in [0.4, 0.5) is 0 Å². The SMILES string of the molecule is CCNCC1CCN(C(C)C(C)C)C1. The first-order valence-electron chi connectivity index (χ1n) is 6.09. The summed E-state index contributed by atoms with van der Waals surface area (Å²) in [4.78, 5) is 2.65. The summed E-state index contributed by atoms with van der Waals surface area (Å²) < 4.78 is 0. The fourth-order valence-electron chi connectivity index (χ4n) is 2.17. The van der Waals surface area contributed by atoms with Gasteiger partial charge in [-0.3, -0.25) is 0 Å². The molecule has 2 heteroatoms. The molecule has 0 aromatic carbocycles. The average molecular weight is 198 g/mol. The Morgan fingerprint density at radius 2 is 2.07 bits per heavy atom. The van der Waals surface area contributed by atoms with Gasteiger partial charge in [0.25, 0.3) is 0 Å². The van der Waals surface area contributed by atoms with Crippen LogP contribution in [0.15, 0.2) is 0 Å². The van der Waals surface area contributed by atoms with E-state index in [-0.39, 0.29) is 0 Å². The number of hydrogen-bond donors (Lipinski definition) is 1. The van der Waals surface area contributed by atoms with Crippen LogP contribution in [0.25, 0.3) is 0 Å². The molecule has 0 spiro atoms. The van der Waals surface area contributed by atoms with Crippen LogP contribution in [-0.4, -0.2) is 37.1 Å². The smallest absolute Gasteiger partial charge is 0.00900 e. The normalized spacial score (nSPS) is 25.9. The molecular formula is C12H26N2. The van der Waals surface area contributed by atoms with E-state index >= 15 is 0 Å². The Bertz CT molecular complexity index is 156. The second-order valence-corrected chi connectivity index (χ2v) is 4.94. The van der Waals surface area contributed by atoms with Gasteiger partial charge in [-0.15, -0.1) is 0 Å². The predicted octanol–water partition coefficient (Wildman–Crippen LogP) is 1.96. The van der Waals surface area contributed by atoms with E-state index in [0.717, 1.165) is 24.4 Å². The van der Waals surface area contributed by atoms with Crippen molar-refractivity contribution in [2.45, 2.75) is 40.2 Å². The number of rotatable bonds is 5. The maximum absolute atomic E-state index is 3.45.